The zero-order valence-electron chi connectivity index (χ0n) is 20.9. The van der Waals surface area contributed by atoms with Gasteiger partial charge in [0.1, 0.15) is 12.4 Å². The molecule has 0 spiro atoms. The van der Waals surface area contributed by atoms with Crippen LogP contribution >= 0.6 is 0 Å². The van der Waals surface area contributed by atoms with E-state index in [1.165, 1.54) is 24.1 Å². The summed E-state index contributed by atoms with van der Waals surface area (Å²) in [5, 5.41) is 3.96. The summed E-state index contributed by atoms with van der Waals surface area (Å²) >= 11 is 0. The molecule has 1 aromatic heterocycles. The fourth-order valence-corrected chi connectivity index (χ4v) is 4.30. The molecule has 2 aromatic carbocycles. The van der Waals surface area contributed by atoms with Gasteiger partial charge in [0, 0.05) is 38.4 Å². The van der Waals surface area contributed by atoms with E-state index in [-0.39, 0.29) is 5.91 Å². The second-order valence-corrected chi connectivity index (χ2v) is 8.85. The van der Waals surface area contributed by atoms with Crippen molar-refractivity contribution < 1.29 is 18.8 Å². The van der Waals surface area contributed by atoms with Crippen molar-refractivity contribution in [2.45, 2.75) is 39.8 Å². The predicted octanol–water partition coefficient (Wildman–Crippen LogP) is 5.15. The molecule has 0 N–H and O–H groups in total. The van der Waals surface area contributed by atoms with E-state index in [1.807, 2.05) is 45.2 Å². The molecular formula is C28H33N3O4. The predicted molar refractivity (Wildman–Crippen MR) is 137 cm³/mol. The number of benzene rings is 2. The van der Waals surface area contributed by atoms with Crippen LogP contribution in [0.3, 0.4) is 0 Å². The van der Waals surface area contributed by atoms with Gasteiger partial charge in [0.2, 0.25) is 5.91 Å². The molecule has 0 aliphatic carbocycles. The number of likely N-dealkylation sites (N-methyl/N-ethyl adjacent to an activating group) is 1. The molecule has 1 saturated heterocycles. The molecule has 1 amide bonds. The van der Waals surface area contributed by atoms with E-state index in [1.54, 1.807) is 24.2 Å². The summed E-state index contributed by atoms with van der Waals surface area (Å²) in [6.07, 6.45) is 5.83. The highest BCUT2D eigenvalue weighted by Crippen LogP contribution is 2.30. The fourth-order valence-electron chi connectivity index (χ4n) is 4.30. The Morgan fingerprint density at radius 1 is 1.14 bits per heavy atom. The number of hydrogen-bond acceptors (Lipinski definition) is 6. The monoisotopic (exact) mass is 475 g/mol. The summed E-state index contributed by atoms with van der Waals surface area (Å²) in [5.74, 6) is 1.90. The maximum atomic E-state index is 12.8. The van der Waals surface area contributed by atoms with E-state index in [0.717, 1.165) is 35.7 Å². The zero-order chi connectivity index (χ0) is 24.8. The minimum absolute atomic E-state index is 0.0565. The zero-order valence-corrected chi connectivity index (χ0v) is 20.9. The van der Waals surface area contributed by atoms with E-state index in [4.69, 9.17) is 14.0 Å². The number of aromatic nitrogens is 1. The van der Waals surface area contributed by atoms with Crippen molar-refractivity contribution >= 4 is 17.7 Å². The van der Waals surface area contributed by atoms with Gasteiger partial charge in [-0.25, -0.2) is 0 Å². The van der Waals surface area contributed by atoms with E-state index >= 15 is 0 Å². The van der Waals surface area contributed by atoms with Crippen molar-refractivity contribution in [2.75, 3.05) is 32.1 Å². The smallest absolute Gasteiger partial charge is 0.246 e. The highest BCUT2D eigenvalue weighted by Gasteiger charge is 2.17. The lowest BCUT2D eigenvalue weighted by Crippen LogP contribution is -2.26. The van der Waals surface area contributed by atoms with Gasteiger partial charge < -0.3 is 23.8 Å². The molecule has 1 fully saturated rings. The Kier molecular flexibility index (Phi) is 7.75. The molecule has 1 aliphatic rings. The summed E-state index contributed by atoms with van der Waals surface area (Å²) in [7, 11) is 3.43. The second kappa shape index (κ2) is 11.1. The summed E-state index contributed by atoms with van der Waals surface area (Å²) in [5.41, 5.74) is 4.99. The van der Waals surface area contributed by atoms with Crippen molar-refractivity contribution in [1.82, 2.24) is 10.1 Å². The molecule has 3 aromatic rings. The third-order valence-electron chi connectivity index (χ3n) is 6.38. The average Bonchev–Trinajstić information content (AvgIpc) is 3.52. The number of hydrogen-bond donors (Lipinski definition) is 0. The lowest BCUT2D eigenvalue weighted by molar-refractivity contribution is -0.125. The maximum absolute atomic E-state index is 12.8. The van der Waals surface area contributed by atoms with Crippen LogP contribution in [0.4, 0.5) is 5.69 Å². The summed E-state index contributed by atoms with van der Waals surface area (Å²) in [4.78, 5) is 17.0. The minimum Gasteiger partial charge on any atom is -0.493 e. The Balaban J connectivity index is 1.39. The lowest BCUT2D eigenvalue weighted by Gasteiger charge is -2.24. The van der Waals surface area contributed by atoms with Crippen LogP contribution < -0.4 is 14.4 Å². The van der Waals surface area contributed by atoms with Crippen LogP contribution in [-0.4, -0.2) is 43.2 Å². The number of anilines is 1. The molecule has 0 saturated carbocycles. The average molecular weight is 476 g/mol. The quantitative estimate of drug-likeness (QED) is 0.399. The van der Waals surface area contributed by atoms with Crippen LogP contribution in [0.5, 0.6) is 11.5 Å². The number of methoxy groups -OCH3 is 1. The Labute approximate surface area is 206 Å². The molecule has 2 heterocycles. The first kappa shape index (κ1) is 24.4. The van der Waals surface area contributed by atoms with E-state index in [2.05, 4.69) is 28.3 Å². The first-order valence-electron chi connectivity index (χ1n) is 11.9. The van der Waals surface area contributed by atoms with E-state index in [0.29, 0.717) is 24.7 Å². The minimum atomic E-state index is -0.0565. The van der Waals surface area contributed by atoms with Gasteiger partial charge in [-0.2, -0.15) is 0 Å². The van der Waals surface area contributed by atoms with Crippen LogP contribution in [0.15, 0.2) is 53.1 Å². The van der Waals surface area contributed by atoms with Gasteiger partial charge >= 0.3 is 0 Å². The fraction of sp³-hybridized carbons (Fsp3) is 0.357. The molecular weight excluding hydrogens is 442 g/mol. The molecule has 35 heavy (non-hydrogen) atoms. The molecule has 0 bridgehead atoms. The van der Waals surface area contributed by atoms with Crippen molar-refractivity contribution in [3.8, 4) is 11.5 Å². The molecule has 7 nitrogen and oxygen atoms in total. The van der Waals surface area contributed by atoms with Crippen molar-refractivity contribution in [1.29, 1.82) is 0 Å². The summed E-state index contributed by atoms with van der Waals surface area (Å²) < 4.78 is 16.7. The normalized spacial score (nSPS) is 13.4. The number of rotatable bonds is 9. The number of aryl methyl sites for hydroxylation is 2. The van der Waals surface area contributed by atoms with Crippen molar-refractivity contribution in [3.05, 3.63) is 76.7 Å². The molecule has 184 valence electrons. The lowest BCUT2D eigenvalue weighted by atomic mass is 10.1. The third kappa shape index (κ3) is 5.85. The number of ether oxygens (including phenoxy) is 2. The van der Waals surface area contributed by atoms with Gasteiger partial charge in [-0.15, -0.1) is 0 Å². The highest BCUT2D eigenvalue weighted by atomic mass is 16.5. The standard InChI is InChI=1S/C28H33N3O4/c1-20-24(21(2)35-29-20)19-34-26-13-11-22(17-27(26)33-4)12-14-28(32)30(3)18-23-9-5-6-10-25(23)31-15-7-8-16-31/h5-6,9-14,17H,7-8,15-16,18-19H2,1-4H3/b14-12+. The van der Waals surface area contributed by atoms with Gasteiger partial charge in [-0.3, -0.25) is 4.79 Å². The number of amides is 1. The Morgan fingerprint density at radius 2 is 1.91 bits per heavy atom. The van der Waals surface area contributed by atoms with Gasteiger partial charge in [0.05, 0.1) is 18.4 Å². The molecule has 0 atom stereocenters. The maximum Gasteiger partial charge on any atom is 0.246 e. The van der Waals surface area contributed by atoms with Crippen LogP contribution in [0.1, 0.15) is 41.0 Å². The van der Waals surface area contributed by atoms with Gasteiger partial charge in [-0.05, 0) is 62.1 Å². The first-order valence-corrected chi connectivity index (χ1v) is 11.9. The number of para-hydroxylation sites is 1. The van der Waals surface area contributed by atoms with E-state index in [9.17, 15) is 4.79 Å². The number of carbonyl (C=O) groups is 1. The molecule has 7 heteroatoms. The molecule has 0 unspecified atom stereocenters. The SMILES string of the molecule is COc1cc(/C=C/C(=O)N(C)Cc2ccccc2N2CCCC2)ccc1OCc1c(C)noc1C. The van der Waals surface area contributed by atoms with Crippen LogP contribution in [0.2, 0.25) is 0 Å². The topological polar surface area (TPSA) is 68.0 Å². The third-order valence-corrected chi connectivity index (χ3v) is 6.38. The Morgan fingerprint density at radius 3 is 2.63 bits per heavy atom. The van der Waals surface area contributed by atoms with E-state index < -0.39 is 0 Å². The van der Waals surface area contributed by atoms with Crippen LogP contribution in [-0.2, 0) is 17.9 Å². The Bertz CT molecular complexity index is 1180. The molecule has 1 aliphatic heterocycles. The second-order valence-electron chi connectivity index (χ2n) is 8.85. The van der Waals surface area contributed by atoms with Crippen LogP contribution in [0.25, 0.3) is 6.08 Å². The van der Waals surface area contributed by atoms with Crippen LogP contribution in [0, 0.1) is 13.8 Å². The van der Waals surface area contributed by atoms with Crippen molar-refractivity contribution in [3.63, 3.8) is 0 Å². The Hall–Kier alpha value is -3.74. The van der Waals surface area contributed by atoms with Gasteiger partial charge in [-0.1, -0.05) is 29.4 Å². The van der Waals surface area contributed by atoms with Gasteiger partial charge in [0.25, 0.3) is 0 Å². The largest absolute Gasteiger partial charge is 0.493 e. The summed E-state index contributed by atoms with van der Waals surface area (Å²) in [6.45, 7) is 6.81. The molecule has 4 rings (SSSR count). The molecule has 0 radical (unpaired) electrons. The highest BCUT2D eigenvalue weighted by molar-refractivity contribution is 5.91. The van der Waals surface area contributed by atoms with Crippen molar-refractivity contribution in [2.24, 2.45) is 0 Å². The summed E-state index contributed by atoms with van der Waals surface area (Å²) in [6, 6.07) is 14.0. The van der Waals surface area contributed by atoms with Gasteiger partial charge in [0.15, 0.2) is 11.5 Å². The first-order chi connectivity index (χ1) is 17.0. The number of nitrogens with zero attached hydrogens (tertiary/aromatic N) is 3. The number of carbonyl (C=O) groups excluding carboxylic acids is 1.